The smallest absolute Gasteiger partial charge is 0.399 e. The molecular weight excluding hydrogens is 844 g/mol. The molecule has 0 aromatic heterocycles. The molecule has 0 spiro atoms. The Morgan fingerprint density at radius 3 is 1.18 bits per heavy atom. The second-order valence-corrected chi connectivity index (χ2v) is 13.3. The molecule has 348 valence electrons. The molecule has 0 aliphatic carbocycles. The van der Waals surface area contributed by atoms with Crippen LogP contribution in [-0.2, 0) is 66.8 Å². The van der Waals surface area contributed by atoms with Gasteiger partial charge in [0.2, 0.25) is 23.1 Å². The van der Waals surface area contributed by atoms with Crippen LogP contribution in [0.4, 0.5) is 35.1 Å². The Labute approximate surface area is 347 Å². The van der Waals surface area contributed by atoms with E-state index < -0.39 is 101 Å². The molecule has 0 rings (SSSR count). The Hall–Kier alpha value is -5.57. The van der Waals surface area contributed by atoms with Gasteiger partial charge in [-0.25, -0.2) is 24.0 Å². The quantitative estimate of drug-likeness (QED) is 0.0327. The van der Waals surface area contributed by atoms with E-state index in [1.807, 2.05) is 0 Å². The van der Waals surface area contributed by atoms with Gasteiger partial charge in [-0.3, -0.25) is 19.2 Å². The summed E-state index contributed by atoms with van der Waals surface area (Å²) in [5, 5.41) is 0. The minimum Gasteiger partial charge on any atom is -0.459 e. The molecule has 2 unspecified atom stereocenters. The van der Waals surface area contributed by atoms with Crippen LogP contribution in [0.25, 0.3) is 0 Å². The molecule has 0 aromatic carbocycles. The van der Waals surface area contributed by atoms with Gasteiger partial charge in [0.1, 0.15) is 13.2 Å². The maximum absolute atomic E-state index is 13.3. The number of alkyl halides is 8. The number of rotatable bonds is 19. The standard InChI is InChI=1S/C10H12F2O5.2C10H14F2O3.C9H12F2O3/c1-6(2)8(14)16-4-5-17-9(15)10(11,12)7(3)13;1-6(2)8(14)15-9(4,5)10(11,12)7(3)13;1-5-8(10(11,12)7(4)13)15-9(14)6(2)3;1-5(2)8(13)14-7(4)9(10,11)6(3)12/h1,4-5H2,2-3H3;1H2,2-5H3;8H,2,5H2,1,3-4H3;7H,1H2,2-4H3. The third kappa shape index (κ3) is 21.5. The summed E-state index contributed by atoms with van der Waals surface area (Å²) in [6, 6.07) is 0. The van der Waals surface area contributed by atoms with E-state index in [1.54, 1.807) is 0 Å². The van der Waals surface area contributed by atoms with Gasteiger partial charge in [-0.05, 0) is 54.9 Å². The van der Waals surface area contributed by atoms with Crippen molar-refractivity contribution >= 4 is 53.0 Å². The van der Waals surface area contributed by atoms with Crippen LogP contribution < -0.4 is 0 Å². The first-order valence-electron chi connectivity index (χ1n) is 17.3. The van der Waals surface area contributed by atoms with Gasteiger partial charge in [0, 0.05) is 50.0 Å². The largest absolute Gasteiger partial charge is 0.459 e. The first-order chi connectivity index (χ1) is 27.1. The minimum atomic E-state index is -4.17. The average Bonchev–Trinajstić information content (AvgIpc) is 3.11. The molecule has 0 aliphatic rings. The summed E-state index contributed by atoms with van der Waals surface area (Å²) in [7, 11) is 0. The predicted octanol–water partition coefficient (Wildman–Crippen LogP) is 6.81. The van der Waals surface area contributed by atoms with E-state index in [0.29, 0.717) is 6.92 Å². The summed E-state index contributed by atoms with van der Waals surface area (Å²) in [6.45, 7) is 24.7. The number of Topliss-reactive ketones (excluding diaryl/α,β-unsaturated/α-hetero) is 4. The summed E-state index contributed by atoms with van der Waals surface area (Å²) in [6.07, 6.45) is -3.63. The highest BCUT2D eigenvalue weighted by atomic mass is 19.3. The van der Waals surface area contributed by atoms with E-state index in [2.05, 4.69) is 50.0 Å². The number of carbonyl (C=O) groups excluding carboxylic acids is 9. The highest BCUT2D eigenvalue weighted by Gasteiger charge is 2.54. The normalized spacial score (nSPS) is 12.2. The second-order valence-electron chi connectivity index (χ2n) is 13.3. The van der Waals surface area contributed by atoms with Crippen molar-refractivity contribution in [2.24, 2.45) is 0 Å². The molecule has 2 atom stereocenters. The molecule has 0 aliphatic heterocycles. The zero-order valence-corrected chi connectivity index (χ0v) is 35.8. The highest BCUT2D eigenvalue weighted by Crippen LogP contribution is 2.33. The van der Waals surface area contributed by atoms with Crippen molar-refractivity contribution in [1.29, 1.82) is 0 Å². The van der Waals surface area contributed by atoms with Crippen LogP contribution in [0.1, 0.15) is 89.5 Å². The van der Waals surface area contributed by atoms with Gasteiger partial charge in [0.25, 0.3) is 0 Å². The summed E-state index contributed by atoms with van der Waals surface area (Å²) >= 11 is 0. The van der Waals surface area contributed by atoms with Gasteiger partial charge < -0.3 is 23.7 Å². The van der Waals surface area contributed by atoms with Crippen LogP contribution in [0.15, 0.2) is 48.6 Å². The van der Waals surface area contributed by atoms with Gasteiger partial charge in [0.15, 0.2) is 17.8 Å². The molecule has 0 aromatic rings. The Kier molecular flexibility index (Phi) is 26.4. The van der Waals surface area contributed by atoms with Gasteiger partial charge >= 0.3 is 53.5 Å². The van der Waals surface area contributed by atoms with Crippen molar-refractivity contribution in [1.82, 2.24) is 0 Å². The van der Waals surface area contributed by atoms with Crippen molar-refractivity contribution in [3.05, 3.63) is 48.6 Å². The third-order valence-electron chi connectivity index (χ3n) is 6.95. The van der Waals surface area contributed by atoms with Crippen molar-refractivity contribution < 1.29 is 102 Å². The van der Waals surface area contributed by atoms with E-state index in [-0.39, 0.29) is 35.3 Å². The van der Waals surface area contributed by atoms with Crippen molar-refractivity contribution in [2.45, 2.75) is 131 Å². The Morgan fingerprint density at radius 2 is 0.869 bits per heavy atom. The number of esters is 5. The summed E-state index contributed by atoms with van der Waals surface area (Å²) < 4.78 is 126. The maximum atomic E-state index is 13.3. The Balaban J connectivity index is -0.000000356. The fourth-order valence-electron chi connectivity index (χ4n) is 2.92. The lowest BCUT2D eigenvalue weighted by Gasteiger charge is -2.31. The van der Waals surface area contributed by atoms with E-state index in [9.17, 15) is 78.3 Å². The summed E-state index contributed by atoms with van der Waals surface area (Å²) in [5.74, 6) is -26.2. The maximum Gasteiger partial charge on any atom is 0.399 e. The number of carbonyl (C=O) groups is 9. The first kappa shape index (κ1) is 62.1. The number of ether oxygens (including phenoxy) is 5. The fourth-order valence-corrected chi connectivity index (χ4v) is 2.92. The molecule has 0 N–H and O–H groups in total. The molecule has 0 bridgehead atoms. The Morgan fingerprint density at radius 1 is 0.508 bits per heavy atom. The van der Waals surface area contributed by atoms with Crippen LogP contribution in [0.5, 0.6) is 0 Å². The SMILES string of the molecule is C=C(C)C(=O)OC(C)(C)C(F)(F)C(C)=O.C=C(C)C(=O)OC(C)C(F)(F)C(C)=O.C=C(C)C(=O)OC(CC)C(F)(F)C(C)=O.C=C(C)C(=O)OCCOC(=O)C(F)(F)C(C)=O. The molecular formula is C39H52F8O14. The second kappa shape index (κ2) is 25.9. The fraction of sp³-hybridized carbons (Fsp3) is 0.564. The molecule has 0 heterocycles. The highest BCUT2D eigenvalue weighted by molar-refractivity contribution is 6.04. The lowest BCUT2D eigenvalue weighted by molar-refractivity contribution is -0.198. The molecule has 22 heteroatoms. The summed E-state index contributed by atoms with van der Waals surface area (Å²) in [5.41, 5.74) is -2.01. The van der Waals surface area contributed by atoms with Crippen LogP contribution >= 0.6 is 0 Å². The summed E-state index contributed by atoms with van der Waals surface area (Å²) in [4.78, 5) is 96.7. The van der Waals surface area contributed by atoms with E-state index in [4.69, 9.17) is 0 Å². The third-order valence-corrected chi connectivity index (χ3v) is 6.95. The first-order valence-corrected chi connectivity index (χ1v) is 17.3. The number of hydrogen-bond acceptors (Lipinski definition) is 14. The van der Waals surface area contributed by atoms with Crippen molar-refractivity contribution in [3.8, 4) is 0 Å². The molecule has 61 heavy (non-hydrogen) atoms. The van der Waals surface area contributed by atoms with Gasteiger partial charge in [-0.15, -0.1) is 0 Å². The van der Waals surface area contributed by atoms with Crippen LogP contribution in [0.2, 0.25) is 0 Å². The molecule has 0 saturated carbocycles. The number of ketones is 4. The van der Waals surface area contributed by atoms with E-state index in [1.165, 1.54) is 34.6 Å². The van der Waals surface area contributed by atoms with Crippen molar-refractivity contribution in [3.63, 3.8) is 0 Å². The molecule has 14 nitrogen and oxygen atoms in total. The molecule has 0 radical (unpaired) electrons. The van der Waals surface area contributed by atoms with Crippen molar-refractivity contribution in [2.75, 3.05) is 13.2 Å². The monoisotopic (exact) mass is 896 g/mol. The Bertz CT molecular complexity index is 1700. The lowest BCUT2D eigenvalue weighted by atomic mass is 9.97. The van der Waals surface area contributed by atoms with Gasteiger partial charge in [-0.1, -0.05) is 33.2 Å². The molecule has 0 saturated heterocycles. The van der Waals surface area contributed by atoms with Gasteiger partial charge in [0.05, 0.1) is 0 Å². The molecule has 0 fully saturated rings. The van der Waals surface area contributed by atoms with E-state index >= 15 is 0 Å². The van der Waals surface area contributed by atoms with Crippen LogP contribution in [0.3, 0.4) is 0 Å². The number of halogens is 8. The zero-order chi connectivity index (χ0) is 49.8. The average molecular weight is 897 g/mol. The minimum absolute atomic E-state index is 0.00225. The van der Waals surface area contributed by atoms with Crippen LogP contribution in [-0.4, -0.2) is 108 Å². The van der Waals surface area contributed by atoms with E-state index in [0.717, 1.165) is 41.5 Å². The van der Waals surface area contributed by atoms with Crippen LogP contribution in [0, 0.1) is 0 Å². The topological polar surface area (TPSA) is 200 Å². The number of hydrogen-bond donors (Lipinski definition) is 0. The molecule has 0 amide bonds. The van der Waals surface area contributed by atoms with Gasteiger partial charge in [-0.2, -0.15) is 35.1 Å². The predicted molar refractivity (Wildman–Crippen MR) is 200 cm³/mol. The zero-order valence-electron chi connectivity index (χ0n) is 35.8. The lowest BCUT2D eigenvalue weighted by Crippen LogP contribution is -2.51.